The van der Waals surface area contributed by atoms with Crippen molar-refractivity contribution in [1.29, 1.82) is 0 Å². The van der Waals surface area contributed by atoms with E-state index in [1.807, 2.05) is 0 Å². The lowest BCUT2D eigenvalue weighted by atomic mass is 9.86. The molecule has 0 aliphatic carbocycles. The maximum atomic E-state index is 13.6. The molecule has 0 saturated heterocycles. The van der Waals surface area contributed by atoms with Crippen LogP contribution >= 0.6 is 0 Å². The fraction of sp³-hybridized carbons (Fsp3) is 0.208. The maximum absolute atomic E-state index is 13.6. The molecule has 1 atom stereocenters. The minimum Gasteiger partial charge on any atom is -0.427 e. The number of pyridine rings is 1. The monoisotopic (exact) mass is 481 g/mol. The number of carbonyl (C=O) groups excluding carboxylic acids is 2. The number of Topliss-reactive ketones (excluding diaryl/α,β-unsaturated/α-hetero) is 1. The first-order valence-corrected chi connectivity index (χ1v) is 9.87. The highest BCUT2D eigenvalue weighted by Crippen LogP contribution is 2.39. The number of aromatic nitrogens is 1. The van der Waals surface area contributed by atoms with Gasteiger partial charge in [0.15, 0.2) is 5.78 Å². The van der Waals surface area contributed by atoms with Gasteiger partial charge in [-0.05, 0) is 54.1 Å². The number of hydrogen-bond acceptors (Lipinski definition) is 4. The van der Waals surface area contributed by atoms with E-state index in [0.717, 1.165) is 42.6 Å². The summed E-state index contributed by atoms with van der Waals surface area (Å²) < 4.78 is 84.7. The normalized spacial score (nSPS) is 12.8. The molecule has 0 bridgehead atoms. The van der Waals surface area contributed by atoms with Crippen LogP contribution in [0.1, 0.15) is 52.0 Å². The van der Waals surface area contributed by atoms with Crippen LogP contribution in [0, 0.1) is 0 Å². The molecule has 0 unspecified atom stereocenters. The van der Waals surface area contributed by atoms with Gasteiger partial charge in [-0.3, -0.25) is 14.6 Å². The number of hydrogen-bond donors (Lipinski definition) is 0. The average molecular weight is 481 g/mol. The quantitative estimate of drug-likeness (QED) is 0.176. The van der Waals surface area contributed by atoms with E-state index < -0.39 is 53.3 Å². The van der Waals surface area contributed by atoms with Gasteiger partial charge >= 0.3 is 18.3 Å². The van der Waals surface area contributed by atoms with Crippen molar-refractivity contribution in [2.24, 2.45) is 0 Å². The molecule has 3 aromatic rings. The molecule has 0 aliphatic heterocycles. The summed E-state index contributed by atoms with van der Waals surface area (Å²) in [5.41, 5.74) is -2.34. The predicted octanol–water partition coefficient (Wildman–Crippen LogP) is 6.45. The number of esters is 1. The number of ketones is 1. The van der Waals surface area contributed by atoms with Crippen molar-refractivity contribution >= 4 is 11.8 Å². The third kappa shape index (κ3) is 6.00. The zero-order chi connectivity index (χ0) is 25.1. The SMILES string of the molecule is CC(=O)Oc1ccc(C(=O)C[C@@H](c2ccc(C(F)(F)F)cc2)c2ncccc2C(F)(F)F)cc1. The van der Waals surface area contributed by atoms with E-state index in [1.54, 1.807) is 0 Å². The van der Waals surface area contributed by atoms with Crippen LogP contribution in [0.15, 0.2) is 66.9 Å². The van der Waals surface area contributed by atoms with Crippen LogP contribution in [-0.2, 0) is 17.1 Å². The van der Waals surface area contributed by atoms with Gasteiger partial charge in [-0.25, -0.2) is 0 Å². The minimum absolute atomic E-state index is 0.0714. The summed E-state index contributed by atoms with van der Waals surface area (Å²) in [6, 6.07) is 10.9. The molecule has 0 radical (unpaired) electrons. The van der Waals surface area contributed by atoms with E-state index >= 15 is 0 Å². The molecule has 1 heterocycles. The van der Waals surface area contributed by atoms with E-state index in [0.29, 0.717) is 0 Å². The first-order chi connectivity index (χ1) is 15.9. The first kappa shape index (κ1) is 24.9. The Hall–Kier alpha value is -3.69. The van der Waals surface area contributed by atoms with Crippen molar-refractivity contribution < 1.29 is 40.7 Å². The van der Waals surface area contributed by atoms with Gasteiger partial charge in [0.1, 0.15) is 5.75 Å². The van der Waals surface area contributed by atoms with Gasteiger partial charge in [-0.1, -0.05) is 12.1 Å². The van der Waals surface area contributed by atoms with Gasteiger partial charge in [0.2, 0.25) is 0 Å². The average Bonchev–Trinajstić information content (AvgIpc) is 2.76. The summed E-state index contributed by atoms with van der Waals surface area (Å²) in [7, 11) is 0. The Labute approximate surface area is 190 Å². The fourth-order valence-electron chi connectivity index (χ4n) is 3.39. The first-order valence-electron chi connectivity index (χ1n) is 9.87. The second kappa shape index (κ2) is 9.66. The molecule has 0 N–H and O–H groups in total. The molecule has 34 heavy (non-hydrogen) atoms. The fourth-order valence-corrected chi connectivity index (χ4v) is 3.39. The molecule has 2 aromatic carbocycles. The largest absolute Gasteiger partial charge is 0.427 e. The van der Waals surface area contributed by atoms with Gasteiger partial charge < -0.3 is 4.74 Å². The highest BCUT2D eigenvalue weighted by atomic mass is 19.4. The van der Waals surface area contributed by atoms with Gasteiger partial charge in [-0.15, -0.1) is 0 Å². The Morgan fingerprint density at radius 3 is 2.03 bits per heavy atom. The number of nitrogens with zero attached hydrogens (tertiary/aromatic N) is 1. The number of carbonyl (C=O) groups is 2. The molecule has 0 fully saturated rings. The van der Waals surface area contributed by atoms with Crippen LogP contribution in [-0.4, -0.2) is 16.7 Å². The van der Waals surface area contributed by atoms with E-state index in [-0.39, 0.29) is 16.9 Å². The van der Waals surface area contributed by atoms with Crippen LogP contribution in [0.4, 0.5) is 26.3 Å². The van der Waals surface area contributed by atoms with Crippen LogP contribution < -0.4 is 4.74 Å². The minimum atomic E-state index is -4.79. The molecule has 0 amide bonds. The maximum Gasteiger partial charge on any atom is 0.418 e. The Balaban J connectivity index is 2.01. The molecule has 178 valence electrons. The van der Waals surface area contributed by atoms with E-state index in [2.05, 4.69) is 4.98 Å². The molecule has 4 nitrogen and oxygen atoms in total. The summed E-state index contributed by atoms with van der Waals surface area (Å²) in [6.07, 6.45) is -8.78. The van der Waals surface area contributed by atoms with Crippen LogP contribution in [0.5, 0.6) is 5.75 Å². The van der Waals surface area contributed by atoms with Crippen LogP contribution in [0.25, 0.3) is 0 Å². The zero-order valence-corrected chi connectivity index (χ0v) is 17.6. The van der Waals surface area contributed by atoms with Gasteiger partial charge in [0.05, 0.1) is 16.8 Å². The molecular formula is C24H17F6NO3. The van der Waals surface area contributed by atoms with Crippen LogP contribution in [0.3, 0.4) is 0 Å². The summed E-state index contributed by atoms with van der Waals surface area (Å²) >= 11 is 0. The van der Waals surface area contributed by atoms with E-state index in [4.69, 9.17) is 4.74 Å². The smallest absolute Gasteiger partial charge is 0.418 e. The second-order valence-electron chi connectivity index (χ2n) is 7.35. The molecule has 0 saturated carbocycles. The summed E-state index contributed by atoms with van der Waals surface area (Å²) in [5, 5.41) is 0. The second-order valence-corrected chi connectivity index (χ2v) is 7.35. The third-order valence-electron chi connectivity index (χ3n) is 4.94. The van der Waals surface area contributed by atoms with Crippen molar-refractivity contribution in [2.75, 3.05) is 0 Å². The van der Waals surface area contributed by atoms with Gasteiger partial charge in [0, 0.05) is 31.0 Å². The highest BCUT2D eigenvalue weighted by Gasteiger charge is 2.37. The van der Waals surface area contributed by atoms with Crippen LogP contribution in [0.2, 0.25) is 0 Å². The Morgan fingerprint density at radius 1 is 0.882 bits per heavy atom. The van der Waals surface area contributed by atoms with Crippen molar-refractivity contribution in [3.8, 4) is 5.75 Å². The van der Waals surface area contributed by atoms with Crippen molar-refractivity contribution in [3.05, 3.63) is 94.8 Å². The highest BCUT2D eigenvalue weighted by molar-refractivity contribution is 5.97. The number of alkyl halides is 6. The standard InChI is InChI=1S/C24H17F6NO3/c1-14(32)34-18-10-6-16(7-11-18)21(33)13-19(15-4-8-17(9-5-15)23(25,26)27)22-20(24(28,29)30)3-2-12-31-22/h2-12,19H,13H2,1H3/t19-/m0/s1. The number of rotatable bonds is 6. The summed E-state index contributed by atoms with van der Waals surface area (Å²) in [4.78, 5) is 27.8. The van der Waals surface area contributed by atoms with Crippen molar-refractivity contribution in [2.45, 2.75) is 31.6 Å². The van der Waals surface area contributed by atoms with Crippen molar-refractivity contribution in [3.63, 3.8) is 0 Å². The number of ether oxygens (including phenoxy) is 1. The predicted molar refractivity (Wildman–Crippen MR) is 109 cm³/mol. The molecular weight excluding hydrogens is 464 g/mol. The summed E-state index contributed by atoms with van der Waals surface area (Å²) in [5.74, 6) is -2.23. The van der Waals surface area contributed by atoms with E-state index in [9.17, 15) is 35.9 Å². The molecule has 0 spiro atoms. The van der Waals surface area contributed by atoms with Gasteiger partial charge in [-0.2, -0.15) is 26.3 Å². The third-order valence-corrected chi connectivity index (χ3v) is 4.94. The zero-order valence-electron chi connectivity index (χ0n) is 17.6. The lowest BCUT2D eigenvalue weighted by Crippen LogP contribution is -2.17. The molecule has 3 rings (SSSR count). The van der Waals surface area contributed by atoms with E-state index in [1.165, 1.54) is 31.2 Å². The lowest BCUT2D eigenvalue weighted by molar-refractivity contribution is -0.139. The Bertz CT molecular complexity index is 1170. The Morgan fingerprint density at radius 2 is 1.50 bits per heavy atom. The van der Waals surface area contributed by atoms with Crippen molar-refractivity contribution in [1.82, 2.24) is 4.98 Å². The lowest BCUT2D eigenvalue weighted by Gasteiger charge is -2.21. The number of halogens is 6. The Kier molecular flexibility index (Phi) is 7.09. The summed E-state index contributed by atoms with van der Waals surface area (Å²) in [6.45, 7) is 1.19. The number of benzene rings is 2. The molecule has 0 aliphatic rings. The topological polar surface area (TPSA) is 56.3 Å². The molecule has 1 aromatic heterocycles. The van der Waals surface area contributed by atoms with Gasteiger partial charge in [0.25, 0.3) is 0 Å². The molecule has 10 heteroatoms.